The number of carbonyl (C=O) groups is 3. The average molecular weight is 457 g/mol. The van der Waals surface area contributed by atoms with Crippen LogP contribution >= 0.6 is 0 Å². The third kappa shape index (κ3) is 4.07. The monoisotopic (exact) mass is 456 g/mol. The number of nitrogens with zero attached hydrogens (tertiary/aromatic N) is 1. The van der Waals surface area contributed by atoms with E-state index in [9.17, 15) is 14.4 Å². The number of hydrogen-bond acceptors (Lipinski definition) is 4. The van der Waals surface area contributed by atoms with Crippen LogP contribution in [0.3, 0.4) is 0 Å². The molecule has 0 aliphatic carbocycles. The largest absolute Gasteiger partial charge is 0.494 e. The Morgan fingerprint density at radius 1 is 0.912 bits per heavy atom. The number of carbonyl (C=O) groups excluding carboxylic acids is 3. The number of benzene rings is 3. The Morgan fingerprint density at radius 2 is 1.47 bits per heavy atom. The standard InChI is InChI=1S/C28H28N2O4/c1-5-34-25-15-10-21(20(4)31)16-22(25)17-30-26(32)28(29-27(30)33,23-11-6-18(2)7-12-23)24-13-8-19(3)9-14-24/h6-16H,5,17H2,1-4H3,(H,29,33). The lowest BCUT2D eigenvalue weighted by Gasteiger charge is -2.28. The van der Waals surface area contributed by atoms with Gasteiger partial charge in [0, 0.05) is 11.1 Å². The van der Waals surface area contributed by atoms with Gasteiger partial charge in [-0.25, -0.2) is 4.79 Å². The molecule has 1 heterocycles. The molecule has 1 fully saturated rings. The second kappa shape index (κ2) is 9.14. The number of nitrogens with one attached hydrogen (secondary N) is 1. The van der Waals surface area contributed by atoms with Crippen molar-refractivity contribution in [2.75, 3.05) is 6.61 Å². The van der Waals surface area contributed by atoms with E-state index in [1.807, 2.05) is 69.3 Å². The zero-order valence-electron chi connectivity index (χ0n) is 19.8. The summed E-state index contributed by atoms with van der Waals surface area (Å²) in [4.78, 5) is 40.5. The smallest absolute Gasteiger partial charge is 0.325 e. The lowest BCUT2D eigenvalue weighted by Crippen LogP contribution is -2.45. The minimum Gasteiger partial charge on any atom is -0.494 e. The summed E-state index contributed by atoms with van der Waals surface area (Å²) >= 11 is 0. The molecule has 0 bridgehead atoms. The van der Waals surface area contributed by atoms with Crippen molar-refractivity contribution in [2.24, 2.45) is 0 Å². The number of urea groups is 1. The maximum atomic E-state index is 14.0. The van der Waals surface area contributed by atoms with Crippen LogP contribution in [0.5, 0.6) is 5.75 Å². The molecule has 3 aromatic rings. The first kappa shape index (κ1) is 23.2. The molecule has 1 aliphatic rings. The van der Waals surface area contributed by atoms with Crippen LogP contribution in [0.1, 0.15) is 52.0 Å². The van der Waals surface area contributed by atoms with Crippen molar-refractivity contribution in [3.63, 3.8) is 0 Å². The molecule has 0 spiro atoms. The van der Waals surface area contributed by atoms with Crippen LogP contribution in [-0.4, -0.2) is 29.2 Å². The van der Waals surface area contributed by atoms with Gasteiger partial charge in [-0.3, -0.25) is 14.5 Å². The highest BCUT2D eigenvalue weighted by Crippen LogP contribution is 2.37. The van der Waals surface area contributed by atoms with E-state index in [0.717, 1.165) is 11.1 Å². The Kier molecular flexibility index (Phi) is 6.24. The first-order valence-electron chi connectivity index (χ1n) is 11.3. The van der Waals surface area contributed by atoms with Crippen LogP contribution in [0, 0.1) is 13.8 Å². The van der Waals surface area contributed by atoms with Crippen LogP contribution in [0.15, 0.2) is 66.7 Å². The summed E-state index contributed by atoms with van der Waals surface area (Å²) in [5.41, 5.74) is 3.23. The lowest BCUT2D eigenvalue weighted by atomic mass is 9.82. The summed E-state index contributed by atoms with van der Waals surface area (Å²) in [7, 11) is 0. The molecule has 4 rings (SSSR count). The first-order chi connectivity index (χ1) is 16.3. The quantitative estimate of drug-likeness (QED) is 0.405. The third-order valence-electron chi connectivity index (χ3n) is 6.17. The minimum atomic E-state index is -1.34. The zero-order chi connectivity index (χ0) is 24.5. The van der Waals surface area contributed by atoms with Crippen molar-refractivity contribution >= 4 is 17.7 Å². The van der Waals surface area contributed by atoms with Crippen molar-refractivity contribution < 1.29 is 19.1 Å². The van der Waals surface area contributed by atoms with Crippen LogP contribution in [-0.2, 0) is 16.9 Å². The van der Waals surface area contributed by atoms with E-state index >= 15 is 0 Å². The van der Waals surface area contributed by atoms with Gasteiger partial charge in [0.05, 0.1) is 13.2 Å². The molecular formula is C28H28N2O4. The molecule has 0 aromatic heterocycles. The van der Waals surface area contributed by atoms with Crippen LogP contribution in [0.4, 0.5) is 4.79 Å². The van der Waals surface area contributed by atoms with Crippen molar-refractivity contribution in [3.05, 3.63) is 100 Å². The molecule has 1 aliphatic heterocycles. The molecule has 6 nitrogen and oxygen atoms in total. The normalized spacial score (nSPS) is 14.8. The second-order valence-corrected chi connectivity index (χ2v) is 8.62. The zero-order valence-corrected chi connectivity index (χ0v) is 19.8. The molecule has 0 saturated carbocycles. The van der Waals surface area contributed by atoms with E-state index in [-0.39, 0.29) is 18.2 Å². The molecule has 174 valence electrons. The molecule has 3 amide bonds. The van der Waals surface area contributed by atoms with E-state index in [4.69, 9.17) is 4.74 Å². The number of ketones is 1. The van der Waals surface area contributed by atoms with Gasteiger partial charge in [-0.15, -0.1) is 0 Å². The Bertz CT molecular complexity index is 1200. The Hall–Kier alpha value is -3.93. The molecular weight excluding hydrogens is 428 g/mol. The van der Waals surface area contributed by atoms with Crippen LogP contribution in [0.2, 0.25) is 0 Å². The molecule has 1 saturated heterocycles. The van der Waals surface area contributed by atoms with E-state index in [1.165, 1.54) is 11.8 Å². The molecule has 0 radical (unpaired) electrons. The van der Waals surface area contributed by atoms with E-state index < -0.39 is 11.6 Å². The molecule has 6 heteroatoms. The van der Waals surface area contributed by atoms with Gasteiger partial charge in [-0.2, -0.15) is 0 Å². The average Bonchev–Trinajstić information content (AvgIpc) is 3.06. The van der Waals surface area contributed by atoms with Gasteiger partial charge in [0.15, 0.2) is 11.3 Å². The topological polar surface area (TPSA) is 75.7 Å². The number of aryl methyl sites for hydroxylation is 2. The van der Waals surface area contributed by atoms with E-state index in [1.54, 1.807) is 18.2 Å². The van der Waals surface area contributed by atoms with Crippen molar-refractivity contribution in [1.29, 1.82) is 0 Å². The maximum absolute atomic E-state index is 14.0. The predicted molar refractivity (Wildman–Crippen MR) is 130 cm³/mol. The van der Waals surface area contributed by atoms with Crippen molar-refractivity contribution in [1.82, 2.24) is 10.2 Å². The highest BCUT2D eigenvalue weighted by molar-refractivity contribution is 6.09. The maximum Gasteiger partial charge on any atom is 0.325 e. The summed E-state index contributed by atoms with van der Waals surface area (Å²) in [6.07, 6.45) is 0. The molecule has 0 unspecified atom stereocenters. The second-order valence-electron chi connectivity index (χ2n) is 8.62. The Morgan fingerprint density at radius 3 is 1.97 bits per heavy atom. The van der Waals surface area contributed by atoms with Gasteiger partial charge in [0.1, 0.15) is 5.75 Å². The Labute approximate surface area is 199 Å². The molecule has 1 N–H and O–H groups in total. The summed E-state index contributed by atoms with van der Waals surface area (Å²) < 4.78 is 5.72. The summed E-state index contributed by atoms with van der Waals surface area (Å²) in [5.74, 6) is 0.0623. The molecule has 34 heavy (non-hydrogen) atoms. The fourth-order valence-electron chi connectivity index (χ4n) is 4.27. The van der Waals surface area contributed by atoms with Gasteiger partial charge in [-0.05, 0) is 57.0 Å². The van der Waals surface area contributed by atoms with Crippen molar-refractivity contribution in [2.45, 2.75) is 39.8 Å². The van der Waals surface area contributed by atoms with E-state index in [2.05, 4.69) is 5.32 Å². The van der Waals surface area contributed by atoms with Gasteiger partial charge in [-0.1, -0.05) is 59.7 Å². The van der Waals surface area contributed by atoms with Crippen LogP contribution in [0.25, 0.3) is 0 Å². The highest BCUT2D eigenvalue weighted by atomic mass is 16.5. The first-order valence-corrected chi connectivity index (χ1v) is 11.3. The minimum absolute atomic E-state index is 0.0133. The fourth-order valence-corrected chi connectivity index (χ4v) is 4.27. The van der Waals surface area contributed by atoms with E-state index in [0.29, 0.717) is 34.6 Å². The Balaban J connectivity index is 1.80. The SMILES string of the molecule is CCOc1ccc(C(C)=O)cc1CN1C(=O)NC(c2ccc(C)cc2)(c2ccc(C)cc2)C1=O. The van der Waals surface area contributed by atoms with Crippen LogP contribution < -0.4 is 10.1 Å². The number of rotatable bonds is 7. The number of ether oxygens (including phenoxy) is 1. The number of imide groups is 1. The number of amides is 3. The number of hydrogen-bond donors (Lipinski definition) is 1. The molecule has 0 atom stereocenters. The highest BCUT2D eigenvalue weighted by Gasteiger charge is 2.53. The fraction of sp³-hybridized carbons (Fsp3) is 0.250. The number of Topliss-reactive ketones (excluding diaryl/α,β-unsaturated/α-hetero) is 1. The predicted octanol–water partition coefficient (Wildman–Crippen LogP) is 4.90. The lowest BCUT2D eigenvalue weighted by molar-refractivity contribution is -0.130. The van der Waals surface area contributed by atoms with Gasteiger partial charge in [0.25, 0.3) is 5.91 Å². The summed E-state index contributed by atoms with van der Waals surface area (Å²) in [6, 6.07) is 19.8. The van der Waals surface area contributed by atoms with Gasteiger partial charge >= 0.3 is 6.03 Å². The van der Waals surface area contributed by atoms with Gasteiger partial charge < -0.3 is 10.1 Å². The van der Waals surface area contributed by atoms with Gasteiger partial charge in [0.2, 0.25) is 0 Å². The summed E-state index contributed by atoms with van der Waals surface area (Å²) in [5, 5.41) is 2.98. The third-order valence-corrected chi connectivity index (χ3v) is 6.17. The summed E-state index contributed by atoms with van der Waals surface area (Å²) in [6.45, 7) is 7.69. The van der Waals surface area contributed by atoms with Crippen molar-refractivity contribution in [3.8, 4) is 5.75 Å². The molecule has 3 aromatic carbocycles.